The molecule has 5 nitrogen and oxygen atoms in total. The quantitative estimate of drug-likeness (QED) is 0.495. The standard InChI is InChI=1S/C21H20FN3O2S2/c1-14-7-8-15(2)20(13-14)24-21(28)23-18-5-3-4-6-19(18)25-29(26,27)17-11-9-16(22)10-12-17/h3-13,25H,1-2H3,(H2,23,24,28). The van der Waals surface area contributed by atoms with Crippen LogP contribution in [-0.4, -0.2) is 13.5 Å². The molecule has 0 aliphatic carbocycles. The number of halogens is 1. The Morgan fingerprint density at radius 2 is 1.48 bits per heavy atom. The molecule has 8 heteroatoms. The van der Waals surface area contributed by atoms with Gasteiger partial charge in [0.15, 0.2) is 5.11 Å². The van der Waals surface area contributed by atoms with E-state index in [0.717, 1.165) is 28.9 Å². The van der Waals surface area contributed by atoms with Crippen LogP contribution in [0.4, 0.5) is 21.5 Å². The van der Waals surface area contributed by atoms with Gasteiger partial charge in [-0.1, -0.05) is 24.3 Å². The Labute approximate surface area is 175 Å². The van der Waals surface area contributed by atoms with Crippen molar-refractivity contribution in [1.29, 1.82) is 0 Å². The highest BCUT2D eigenvalue weighted by molar-refractivity contribution is 7.92. The number of anilines is 3. The van der Waals surface area contributed by atoms with Crippen molar-refractivity contribution in [3.63, 3.8) is 0 Å². The van der Waals surface area contributed by atoms with E-state index < -0.39 is 15.8 Å². The van der Waals surface area contributed by atoms with Gasteiger partial charge in [-0.3, -0.25) is 4.72 Å². The van der Waals surface area contributed by atoms with Crippen LogP contribution in [0.3, 0.4) is 0 Å². The average molecular weight is 430 g/mol. The highest BCUT2D eigenvalue weighted by atomic mass is 32.2. The lowest BCUT2D eigenvalue weighted by Gasteiger charge is -2.16. The number of para-hydroxylation sites is 2. The molecule has 0 spiro atoms. The summed E-state index contributed by atoms with van der Waals surface area (Å²) >= 11 is 5.39. The summed E-state index contributed by atoms with van der Waals surface area (Å²) in [5.41, 5.74) is 3.80. The van der Waals surface area contributed by atoms with Crippen LogP contribution in [0.15, 0.2) is 71.6 Å². The van der Waals surface area contributed by atoms with E-state index in [9.17, 15) is 12.8 Å². The van der Waals surface area contributed by atoms with Gasteiger partial charge in [0.1, 0.15) is 5.82 Å². The predicted octanol–water partition coefficient (Wildman–Crippen LogP) is 5.05. The van der Waals surface area contributed by atoms with Crippen LogP contribution in [-0.2, 0) is 10.0 Å². The van der Waals surface area contributed by atoms with Gasteiger partial charge in [-0.2, -0.15) is 0 Å². The summed E-state index contributed by atoms with van der Waals surface area (Å²) in [4.78, 5) is -0.0372. The lowest BCUT2D eigenvalue weighted by Crippen LogP contribution is -2.21. The van der Waals surface area contributed by atoms with Gasteiger partial charge in [0.05, 0.1) is 16.3 Å². The van der Waals surface area contributed by atoms with E-state index in [-0.39, 0.29) is 4.90 Å². The summed E-state index contributed by atoms with van der Waals surface area (Å²) in [6.45, 7) is 3.95. The molecule has 3 aromatic carbocycles. The first-order valence-corrected chi connectivity index (χ1v) is 10.7. The number of benzene rings is 3. The molecule has 29 heavy (non-hydrogen) atoms. The van der Waals surface area contributed by atoms with Crippen LogP contribution >= 0.6 is 12.2 Å². The Hall–Kier alpha value is -2.97. The third kappa shape index (κ3) is 5.30. The SMILES string of the molecule is Cc1ccc(C)c(NC(=S)Nc2ccccc2NS(=O)(=O)c2ccc(F)cc2)c1. The first kappa shape index (κ1) is 20.8. The Kier molecular flexibility index (Phi) is 6.14. The van der Waals surface area contributed by atoms with E-state index in [4.69, 9.17) is 12.2 Å². The average Bonchev–Trinajstić information content (AvgIpc) is 2.66. The topological polar surface area (TPSA) is 70.2 Å². The maximum Gasteiger partial charge on any atom is 0.261 e. The molecule has 0 bridgehead atoms. The highest BCUT2D eigenvalue weighted by Crippen LogP contribution is 2.25. The smallest absolute Gasteiger partial charge is 0.261 e. The van der Waals surface area contributed by atoms with Crippen molar-refractivity contribution in [2.45, 2.75) is 18.7 Å². The van der Waals surface area contributed by atoms with Crippen LogP contribution in [0.5, 0.6) is 0 Å². The monoisotopic (exact) mass is 429 g/mol. The number of nitrogens with one attached hydrogen (secondary N) is 3. The van der Waals surface area contributed by atoms with Gasteiger partial charge in [-0.05, 0) is 79.7 Å². The molecule has 0 aliphatic heterocycles. The summed E-state index contributed by atoms with van der Waals surface area (Å²) < 4.78 is 40.8. The summed E-state index contributed by atoms with van der Waals surface area (Å²) in [5, 5.41) is 6.48. The lowest BCUT2D eigenvalue weighted by atomic mass is 10.1. The second-order valence-electron chi connectivity index (χ2n) is 6.50. The molecule has 0 aliphatic rings. The lowest BCUT2D eigenvalue weighted by molar-refractivity contribution is 0.599. The number of rotatable bonds is 5. The summed E-state index contributed by atoms with van der Waals surface area (Å²) in [6, 6.07) is 17.4. The van der Waals surface area contributed by atoms with E-state index in [1.165, 1.54) is 12.1 Å². The maximum absolute atomic E-state index is 13.1. The third-order valence-corrected chi connectivity index (χ3v) is 5.77. The minimum Gasteiger partial charge on any atom is -0.332 e. The number of hydrogen-bond donors (Lipinski definition) is 3. The number of thiocarbonyl (C=S) groups is 1. The normalized spacial score (nSPS) is 11.0. The van der Waals surface area contributed by atoms with Gasteiger partial charge in [0.2, 0.25) is 0 Å². The zero-order chi connectivity index (χ0) is 21.0. The van der Waals surface area contributed by atoms with Crippen LogP contribution in [0.2, 0.25) is 0 Å². The zero-order valence-corrected chi connectivity index (χ0v) is 17.5. The molecule has 0 aromatic heterocycles. The van der Waals surface area contributed by atoms with E-state index in [0.29, 0.717) is 16.5 Å². The molecule has 3 aromatic rings. The van der Waals surface area contributed by atoms with E-state index >= 15 is 0 Å². The fourth-order valence-corrected chi connectivity index (χ4v) is 3.94. The molecule has 0 unspecified atom stereocenters. The molecule has 0 saturated heterocycles. The van der Waals surface area contributed by atoms with E-state index in [1.54, 1.807) is 24.3 Å². The van der Waals surface area contributed by atoms with E-state index in [2.05, 4.69) is 15.4 Å². The Morgan fingerprint density at radius 1 is 0.862 bits per heavy atom. The van der Waals surface area contributed by atoms with Crippen LogP contribution in [0.1, 0.15) is 11.1 Å². The van der Waals surface area contributed by atoms with Gasteiger partial charge in [-0.15, -0.1) is 0 Å². The first-order chi connectivity index (χ1) is 13.7. The Bertz CT molecular complexity index is 1150. The molecule has 150 valence electrons. The minimum atomic E-state index is -3.88. The number of hydrogen-bond acceptors (Lipinski definition) is 3. The van der Waals surface area contributed by atoms with Crippen molar-refractivity contribution < 1.29 is 12.8 Å². The van der Waals surface area contributed by atoms with Crippen LogP contribution in [0, 0.1) is 19.7 Å². The van der Waals surface area contributed by atoms with Gasteiger partial charge in [0.25, 0.3) is 10.0 Å². The molecule has 0 radical (unpaired) electrons. The van der Waals surface area contributed by atoms with Gasteiger partial charge < -0.3 is 10.6 Å². The summed E-state index contributed by atoms with van der Waals surface area (Å²) in [6.07, 6.45) is 0. The van der Waals surface area contributed by atoms with Crippen molar-refractivity contribution in [2.24, 2.45) is 0 Å². The first-order valence-electron chi connectivity index (χ1n) is 8.77. The Balaban J connectivity index is 1.79. The number of sulfonamides is 1. The molecule has 0 atom stereocenters. The number of aryl methyl sites for hydroxylation is 2. The zero-order valence-electron chi connectivity index (χ0n) is 15.9. The van der Waals surface area contributed by atoms with Crippen molar-refractivity contribution in [1.82, 2.24) is 0 Å². The molecule has 3 rings (SSSR count). The van der Waals surface area contributed by atoms with Crippen molar-refractivity contribution >= 4 is 44.4 Å². The molecule has 0 heterocycles. The fraction of sp³-hybridized carbons (Fsp3) is 0.0952. The molecule has 0 fully saturated rings. The van der Waals surface area contributed by atoms with Gasteiger partial charge >= 0.3 is 0 Å². The molecule has 0 saturated carbocycles. The highest BCUT2D eigenvalue weighted by Gasteiger charge is 2.16. The second kappa shape index (κ2) is 8.59. The van der Waals surface area contributed by atoms with Crippen LogP contribution < -0.4 is 15.4 Å². The largest absolute Gasteiger partial charge is 0.332 e. The molecular formula is C21H20FN3O2S2. The fourth-order valence-electron chi connectivity index (χ4n) is 2.64. The van der Waals surface area contributed by atoms with Crippen molar-refractivity contribution in [2.75, 3.05) is 15.4 Å². The molecular weight excluding hydrogens is 409 g/mol. The van der Waals surface area contributed by atoms with E-state index in [1.807, 2.05) is 32.0 Å². The molecule has 3 N–H and O–H groups in total. The summed E-state index contributed by atoms with van der Waals surface area (Å²) in [5.74, 6) is -0.506. The van der Waals surface area contributed by atoms with Crippen molar-refractivity contribution in [3.8, 4) is 0 Å². The van der Waals surface area contributed by atoms with Crippen LogP contribution in [0.25, 0.3) is 0 Å². The maximum atomic E-state index is 13.1. The Morgan fingerprint density at radius 3 is 2.17 bits per heavy atom. The summed E-state index contributed by atoms with van der Waals surface area (Å²) in [7, 11) is -3.88. The third-order valence-electron chi connectivity index (χ3n) is 4.18. The minimum absolute atomic E-state index is 0.0372. The van der Waals surface area contributed by atoms with Gasteiger partial charge in [0, 0.05) is 5.69 Å². The second-order valence-corrected chi connectivity index (χ2v) is 8.59. The molecule has 0 amide bonds. The van der Waals surface area contributed by atoms with Crippen molar-refractivity contribution in [3.05, 3.63) is 83.7 Å². The van der Waals surface area contributed by atoms with Gasteiger partial charge in [-0.25, -0.2) is 12.8 Å². The predicted molar refractivity (Wildman–Crippen MR) is 119 cm³/mol.